The van der Waals surface area contributed by atoms with E-state index in [1.165, 1.54) is 0 Å². The Kier molecular flexibility index (Phi) is 2.56. The highest BCUT2D eigenvalue weighted by Crippen LogP contribution is 2.21. The molecule has 0 spiro atoms. The van der Waals surface area contributed by atoms with Crippen molar-refractivity contribution in [2.24, 2.45) is 0 Å². The lowest BCUT2D eigenvalue weighted by Crippen LogP contribution is -2.00. The lowest BCUT2D eigenvalue weighted by molar-refractivity contribution is 1.20. The topological polar surface area (TPSA) is 86.7 Å². The first-order valence-corrected chi connectivity index (χ1v) is 6.38. The van der Waals surface area contributed by atoms with Gasteiger partial charge in [-0.15, -0.1) is 11.3 Å². The molecule has 92 valence electrons. The molecule has 3 aromatic rings. The predicted octanol–water partition coefficient (Wildman–Crippen LogP) is 2.11. The monoisotopic (exact) mass is 260 g/mol. The molecule has 5 nitrogen and oxygen atoms in total. The first-order valence-electron chi connectivity index (χ1n) is 5.50. The zero-order chi connectivity index (χ0) is 12.5. The SMILES string of the molecule is Nc1ccsc1CNc1ccc2[nH]c(=O)[nH]c2c1. The van der Waals surface area contributed by atoms with Crippen molar-refractivity contribution in [2.45, 2.75) is 6.54 Å². The van der Waals surface area contributed by atoms with E-state index in [0.29, 0.717) is 6.54 Å². The second-order valence-electron chi connectivity index (χ2n) is 3.99. The average molecular weight is 260 g/mol. The second-order valence-corrected chi connectivity index (χ2v) is 4.99. The van der Waals surface area contributed by atoms with Gasteiger partial charge in [0.25, 0.3) is 0 Å². The predicted molar refractivity (Wildman–Crippen MR) is 75.0 cm³/mol. The summed E-state index contributed by atoms with van der Waals surface area (Å²) in [5.74, 6) is 0. The first kappa shape index (κ1) is 10.9. The Labute approximate surface area is 107 Å². The number of nitrogens with two attached hydrogens (primary N) is 1. The van der Waals surface area contributed by atoms with Gasteiger partial charge in [-0.1, -0.05) is 0 Å². The van der Waals surface area contributed by atoms with Crippen molar-refractivity contribution in [3.63, 3.8) is 0 Å². The molecule has 3 rings (SSSR count). The maximum Gasteiger partial charge on any atom is 0.323 e. The summed E-state index contributed by atoms with van der Waals surface area (Å²) in [7, 11) is 0. The van der Waals surface area contributed by atoms with Gasteiger partial charge < -0.3 is 21.0 Å². The van der Waals surface area contributed by atoms with Crippen molar-refractivity contribution >= 4 is 33.7 Å². The highest BCUT2D eigenvalue weighted by molar-refractivity contribution is 7.10. The number of nitrogen functional groups attached to an aromatic ring is 1. The zero-order valence-corrected chi connectivity index (χ0v) is 10.3. The highest BCUT2D eigenvalue weighted by atomic mass is 32.1. The molecule has 0 fully saturated rings. The largest absolute Gasteiger partial charge is 0.398 e. The molecule has 2 aromatic heterocycles. The van der Waals surface area contributed by atoms with E-state index in [1.54, 1.807) is 11.3 Å². The van der Waals surface area contributed by atoms with Crippen LogP contribution in [-0.4, -0.2) is 9.97 Å². The summed E-state index contributed by atoms with van der Waals surface area (Å²) in [6.45, 7) is 0.684. The van der Waals surface area contributed by atoms with Crippen LogP contribution in [0.15, 0.2) is 34.4 Å². The molecule has 2 heterocycles. The second kappa shape index (κ2) is 4.23. The molecule has 0 radical (unpaired) electrons. The molecule has 18 heavy (non-hydrogen) atoms. The number of benzene rings is 1. The molecule has 0 saturated heterocycles. The van der Waals surface area contributed by atoms with Gasteiger partial charge in [-0.25, -0.2) is 4.79 Å². The normalized spacial score (nSPS) is 10.9. The van der Waals surface area contributed by atoms with Crippen LogP contribution in [0.3, 0.4) is 0 Å². The highest BCUT2D eigenvalue weighted by Gasteiger charge is 2.02. The van der Waals surface area contributed by atoms with Gasteiger partial charge in [0, 0.05) is 16.3 Å². The fourth-order valence-corrected chi connectivity index (χ4v) is 2.56. The quantitative estimate of drug-likeness (QED) is 0.581. The summed E-state index contributed by atoms with van der Waals surface area (Å²) in [5, 5.41) is 5.26. The molecule has 0 amide bonds. The van der Waals surface area contributed by atoms with Crippen LogP contribution in [0.2, 0.25) is 0 Å². The van der Waals surface area contributed by atoms with Crippen LogP contribution in [0.5, 0.6) is 0 Å². The number of rotatable bonds is 3. The molecule has 0 saturated carbocycles. The van der Waals surface area contributed by atoms with Crippen LogP contribution in [0.1, 0.15) is 4.88 Å². The smallest absolute Gasteiger partial charge is 0.323 e. The number of thiophene rings is 1. The van der Waals surface area contributed by atoms with Crippen LogP contribution >= 0.6 is 11.3 Å². The van der Waals surface area contributed by atoms with Crippen LogP contribution in [0, 0.1) is 0 Å². The Balaban J connectivity index is 1.82. The molecule has 5 N–H and O–H groups in total. The molecule has 0 aliphatic heterocycles. The minimum Gasteiger partial charge on any atom is -0.398 e. The van der Waals surface area contributed by atoms with Gasteiger partial charge in [-0.2, -0.15) is 0 Å². The molecule has 0 aliphatic rings. The number of hydrogen-bond donors (Lipinski definition) is 4. The maximum absolute atomic E-state index is 11.1. The minimum absolute atomic E-state index is 0.190. The Bertz CT molecular complexity index is 740. The van der Waals surface area contributed by atoms with Crippen LogP contribution < -0.4 is 16.7 Å². The van der Waals surface area contributed by atoms with E-state index in [9.17, 15) is 4.79 Å². The lowest BCUT2D eigenvalue weighted by atomic mass is 10.2. The van der Waals surface area contributed by atoms with Gasteiger partial charge >= 0.3 is 5.69 Å². The number of fused-ring (bicyclic) bond motifs is 1. The number of H-pyrrole nitrogens is 2. The molecule has 0 bridgehead atoms. The summed E-state index contributed by atoms with van der Waals surface area (Å²) in [4.78, 5) is 17.7. The van der Waals surface area contributed by atoms with Crippen molar-refractivity contribution in [1.29, 1.82) is 0 Å². The third-order valence-corrected chi connectivity index (χ3v) is 3.69. The number of aromatic amines is 2. The zero-order valence-electron chi connectivity index (χ0n) is 9.49. The standard InChI is InChI=1S/C12H12N4OS/c13-8-3-4-18-11(8)6-14-7-1-2-9-10(5-7)16-12(17)15-9/h1-5,14H,6,13H2,(H2,15,16,17). The van der Waals surface area contributed by atoms with Crippen molar-refractivity contribution < 1.29 is 0 Å². The summed E-state index contributed by atoms with van der Waals surface area (Å²) in [6, 6.07) is 7.59. The summed E-state index contributed by atoms with van der Waals surface area (Å²) in [5.41, 5.74) is 8.99. The molecule has 0 aliphatic carbocycles. The van der Waals surface area contributed by atoms with Crippen molar-refractivity contribution in [2.75, 3.05) is 11.1 Å². The van der Waals surface area contributed by atoms with E-state index in [1.807, 2.05) is 29.6 Å². The van der Waals surface area contributed by atoms with Gasteiger partial charge in [0.2, 0.25) is 0 Å². The summed E-state index contributed by atoms with van der Waals surface area (Å²) < 4.78 is 0. The van der Waals surface area contributed by atoms with E-state index in [2.05, 4.69) is 15.3 Å². The number of imidazole rings is 1. The Hall–Kier alpha value is -2.21. The van der Waals surface area contributed by atoms with Gasteiger partial charge in [0.1, 0.15) is 0 Å². The first-order chi connectivity index (χ1) is 8.72. The third-order valence-electron chi connectivity index (χ3n) is 2.75. The Morgan fingerprint density at radius 3 is 2.83 bits per heavy atom. The van der Waals surface area contributed by atoms with Crippen LogP contribution in [-0.2, 0) is 6.54 Å². The van der Waals surface area contributed by atoms with E-state index < -0.39 is 0 Å². The summed E-state index contributed by atoms with van der Waals surface area (Å²) >= 11 is 1.63. The average Bonchev–Trinajstić information content (AvgIpc) is 2.90. The lowest BCUT2D eigenvalue weighted by Gasteiger charge is -2.05. The van der Waals surface area contributed by atoms with Crippen molar-refractivity contribution in [3.8, 4) is 0 Å². The fourth-order valence-electron chi connectivity index (χ4n) is 1.82. The molecule has 0 atom stereocenters. The van der Waals surface area contributed by atoms with Crippen LogP contribution in [0.25, 0.3) is 11.0 Å². The van der Waals surface area contributed by atoms with E-state index in [0.717, 1.165) is 27.3 Å². The Morgan fingerprint density at radius 1 is 1.22 bits per heavy atom. The van der Waals surface area contributed by atoms with Gasteiger partial charge in [-0.3, -0.25) is 0 Å². The molecule has 6 heteroatoms. The number of aromatic nitrogens is 2. The van der Waals surface area contributed by atoms with E-state index >= 15 is 0 Å². The summed E-state index contributed by atoms with van der Waals surface area (Å²) in [6.07, 6.45) is 0. The van der Waals surface area contributed by atoms with E-state index in [-0.39, 0.29) is 5.69 Å². The molecular formula is C12H12N4OS. The third kappa shape index (κ3) is 1.98. The maximum atomic E-state index is 11.1. The molecule has 1 aromatic carbocycles. The van der Waals surface area contributed by atoms with Crippen molar-refractivity contribution in [3.05, 3.63) is 45.0 Å². The number of anilines is 2. The molecule has 0 unspecified atom stereocenters. The molecular weight excluding hydrogens is 248 g/mol. The van der Waals surface area contributed by atoms with Crippen LogP contribution in [0.4, 0.5) is 11.4 Å². The van der Waals surface area contributed by atoms with Gasteiger partial charge in [-0.05, 0) is 29.6 Å². The number of nitrogens with one attached hydrogen (secondary N) is 3. The minimum atomic E-state index is -0.190. The number of hydrogen-bond acceptors (Lipinski definition) is 4. The van der Waals surface area contributed by atoms with Gasteiger partial charge in [0.05, 0.1) is 17.6 Å². The van der Waals surface area contributed by atoms with Crippen molar-refractivity contribution in [1.82, 2.24) is 9.97 Å². The Morgan fingerprint density at radius 2 is 2.06 bits per heavy atom. The fraction of sp³-hybridized carbons (Fsp3) is 0.0833. The van der Waals surface area contributed by atoms with E-state index in [4.69, 9.17) is 5.73 Å². The van der Waals surface area contributed by atoms with Gasteiger partial charge in [0.15, 0.2) is 0 Å².